The Bertz CT molecular complexity index is 252. The molecule has 0 spiro atoms. The quantitative estimate of drug-likeness (QED) is 0.497. The van der Waals surface area contributed by atoms with Crippen LogP contribution in [0.25, 0.3) is 0 Å². The van der Waals surface area contributed by atoms with E-state index in [1.54, 1.807) is 0 Å². The molecule has 4 heteroatoms. The van der Waals surface area contributed by atoms with Gasteiger partial charge in [-0.1, -0.05) is 46.3 Å². The van der Waals surface area contributed by atoms with Crippen molar-refractivity contribution in [2.45, 2.75) is 11.0 Å². The molecule has 0 radical (unpaired) electrons. The Kier molecular flexibility index (Phi) is 2.41. The molecular weight excluding hydrogens is 218 g/mol. The summed E-state index contributed by atoms with van der Waals surface area (Å²) in [6.07, 6.45) is 0. The Labute approximate surface area is 79.6 Å². The lowest BCUT2D eigenvalue weighted by Gasteiger charge is -2.11. The van der Waals surface area contributed by atoms with Crippen LogP contribution in [0.5, 0.6) is 0 Å². The van der Waals surface area contributed by atoms with Crippen molar-refractivity contribution in [3.8, 4) is 0 Å². The maximum atomic E-state index is 3.51. The van der Waals surface area contributed by atoms with E-state index in [9.17, 15) is 0 Å². The molecule has 2 atom stereocenters. The van der Waals surface area contributed by atoms with Crippen molar-refractivity contribution in [1.29, 1.82) is 0 Å². The molecule has 3 nitrogen and oxygen atoms in total. The third-order valence-corrected chi connectivity index (χ3v) is 2.65. The molecule has 1 aromatic rings. The van der Waals surface area contributed by atoms with E-state index in [1.807, 2.05) is 18.2 Å². The van der Waals surface area contributed by atoms with Gasteiger partial charge in [0.25, 0.3) is 0 Å². The lowest BCUT2D eigenvalue weighted by atomic mass is 10.1. The molecular formula is C8H10BrN3. The van der Waals surface area contributed by atoms with Gasteiger partial charge in [0.05, 0.1) is 11.0 Å². The van der Waals surface area contributed by atoms with Crippen LogP contribution in [0.4, 0.5) is 0 Å². The second-order valence-electron chi connectivity index (χ2n) is 2.70. The number of rotatable bonds is 1. The van der Waals surface area contributed by atoms with Crippen LogP contribution in [0.15, 0.2) is 30.3 Å². The van der Waals surface area contributed by atoms with Crippen LogP contribution in [-0.2, 0) is 0 Å². The zero-order valence-corrected chi connectivity index (χ0v) is 8.01. The maximum Gasteiger partial charge on any atom is 0.0983 e. The molecule has 1 fully saturated rings. The molecule has 1 aliphatic heterocycles. The molecule has 0 aromatic heterocycles. The number of halogens is 1. The summed E-state index contributed by atoms with van der Waals surface area (Å²) in [6, 6.07) is 10.6. The summed E-state index contributed by atoms with van der Waals surface area (Å²) < 4.78 is 0. The summed E-state index contributed by atoms with van der Waals surface area (Å²) in [7, 11) is 0. The standard InChI is InChI=1S/C8H10BrN3/c9-8-7(10-12-11-8)6-4-2-1-3-5-6/h1-5,7-8,10-12H. The highest BCUT2D eigenvalue weighted by molar-refractivity contribution is 9.09. The van der Waals surface area contributed by atoms with Crippen molar-refractivity contribution in [2.75, 3.05) is 0 Å². The molecule has 12 heavy (non-hydrogen) atoms. The van der Waals surface area contributed by atoms with Gasteiger partial charge in [0, 0.05) is 0 Å². The van der Waals surface area contributed by atoms with E-state index in [4.69, 9.17) is 0 Å². The molecule has 1 aromatic carbocycles. The summed E-state index contributed by atoms with van der Waals surface area (Å²) in [5.74, 6) is 0. The molecule has 1 heterocycles. The monoisotopic (exact) mass is 227 g/mol. The Morgan fingerprint density at radius 2 is 1.83 bits per heavy atom. The lowest BCUT2D eigenvalue weighted by Crippen LogP contribution is -2.31. The summed E-state index contributed by atoms with van der Waals surface area (Å²) in [6.45, 7) is 0. The SMILES string of the molecule is BrC1NNNC1c1ccccc1. The van der Waals surface area contributed by atoms with Crippen LogP contribution in [0, 0.1) is 0 Å². The van der Waals surface area contributed by atoms with Crippen LogP contribution in [0.1, 0.15) is 11.6 Å². The van der Waals surface area contributed by atoms with Crippen LogP contribution in [0.3, 0.4) is 0 Å². The number of alkyl halides is 1. The first-order valence-corrected chi connectivity index (χ1v) is 4.74. The van der Waals surface area contributed by atoms with Crippen molar-refractivity contribution in [3.05, 3.63) is 35.9 Å². The second kappa shape index (κ2) is 3.53. The first-order valence-electron chi connectivity index (χ1n) is 3.83. The van der Waals surface area contributed by atoms with E-state index in [0.29, 0.717) is 0 Å². The van der Waals surface area contributed by atoms with E-state index in [-0.39, 0.29) is 11.0 Å². The van der Waals surface area contributed by atoms with Gasteiger partial charge >= 0.3 is 0 Å². The predicted octanol–water partition coefficient (Wildman–Crippen LogP) is 1.06. The fraction of sp³-hybridized carbons (Fsp3) is 0.250. The average Bonchev–Trinajstić information content (AvgIpc) is 2.53. The smallest absolute Gasteiger partial charge is 0.0983 e. The van der Waals surface area contributed by atoms with Gasteiger partial charge in [-0.25, -0.2) is 10.9 Å². The molecule has 2 rings (SSSR count). The minimum atomic E-state index is 0.236. The maximum absolute atomic E-state index is 3.51. The van der Waals surface area contributed by atoms with E-state index >= 15 is 0 Å². The van der Waals surface area contributed by atoms with Gasteiger partial charge in [-0.05, 0) is 5.56 Å². The average molecular weight is 228 g/mol. The number of hydrogen-bond donors (Lipinski definition) is 3. The second-order valence-corrected chi connectivity index (χ2v) is 3.69. The van der Waals surface area contributed by atoms with Gasteiger partial charge < -0.3 is 0 Å². The highest BCUT2D eigenvalue weighted by Gasteiger charge is 2.24. The van der Waals surface area contributed by atoms with Crippen LogP contribution in [-0.4, -0.2) is 4.95 Å². The van der Waals surface area contributed by atoms with Gasteiger partial charge in [-0.2, -0.15) is 5.53 Å². The molecule has 2 unspecified atom stereocenters. The molecule has 0 aliphatic carbocycles. The third-order valence-electron chi connectivity index (χ3n) is 1.89. The third kappa shape index (κ3) is 1.51. The zero-order chi connectivity index (χ0) is 8.39. The lowest BCUT2D eigenvalue weighted by molar-refractivity contribution is 0.555. The molecule has 0 amide bonds. The summed E-state index contributed by atoms with van der Waals surface area (Å²) in [5, 5.41) is 0. The summed E-state index contributed by atoms with van der Waals surface area (Å²) >= 11 is 3.51. The Morgan fingerprint density at radius 1 is 1.08 bits per heavy atom. The largest absolute Gasteiger partial charge is 0.234 e. The molecule has 64 valence electrons. The van der Waals surface area contributed by atoms with Gasteiger partial charge in [-0.15, -0.1) is 0 Å². The Morgan fingerprint density at radius 3 is 2.42 bits per heavy atom. The van der Waals surface area contributed by atoms with Gasteiger partial charge in [-0.3, -0.25) is 0 Å². The van der Waals surface area contributed by atoms with E-state index in [2.05, 4.69) is 44.4 Å². The van der Waals surface area contributed by atoms with Crippen molar-refractivity contribution in [1.82, 2.24) is 16.4 Å². The normalized spacial score (nSPS) is 29.1. The van der Waals surface area contributed by atoms with Crippen molar-refractivity contribution >= 4 is 15.9 Å². The Balaban J connectivity index is 2.19. The topological polar surface area (TPSA) is 36.1 Å². The number of nitrogens with one attached hydrogen (secondary N) is 3. The highest BCUT2D eigenvalue weighted by atomic mass is 79.9. The van der Waals surface area contributed by atoms with Crippen molar-refractivity contribution in [3.63, 3.8) is 0 Å². The summed E-state index contributed by atoms with van der Waals surface area (Å²) in [5.41, 5.74) is 10.3. The van der Waals surface area contributed by atoms with E-state index in [1.165, 1.54) is 5.56 Å². The number of hydrazine groups is 2. The summed E-state index contributed by atoms with van der Waals surface area (Å²) in [4.78, 5) is 0.236. The van der Waals surface area contributed by atoms with Crippen molar-refractivity contribution in [2.24, 2.45) is 0 Å². The minimum absolute atomic E-state index is 0.236. The van der Waals surface area contributed by atoms with Crippen LogP contribution < -0.4 is 16.4 Å². The van der Waals surface area contributed by atoms with Crippen molar-refractivity contribution < 1.29 is 0 Å². The van der Waals surface area contributed by atoms with Gasteiger partial charge in [0.15, 0.2) is 0 Å². The number of benzene rings is 1. The molecule has 0 saturated carbocycles. The molecule has 1 saturated heterocycles. The minimum Gasteiger partial charge on any atom is -0.234 e. The fourth-order valence-electron chi connectivity index (χ4n) is 1.26. The molecule has 3 N–H and O–H groups in total. The van der Waals surface area contributed by atoms with E-state index < -0.39 is 0 Å². The molecule has 0 bridgehead atoms. The highest BCUT2D eigenvalue weighted by Crippen LogP contribution is 2.21. The molecule has 1 aliphatic rings. The first-order chi connectivity index (χ1) is 5.88. The Hall–Kier alpha value is -0.420. The zero-order valence-electron chi connectivity index (χ0n) is 6.42. The predicted molar refractivity (Wildman–Crippen MR) is 51.3 cm³/mol. The van der Waals surface area contributed by atoms with Crippen LogP contribution >= 0.6 is 15.9 Å². The van der Waals surface area contributed by atoms with Crippen LogP contribution in [0.2, 0.25) is 0 Å². The fourth-order valence-corrected chi connectivity index (χ4v) is 1.81. The van der Waals surface area contributed by atoms with Gasteiger partial charge in [0.1, 0.15) is 0 Å². The first kappa shape index (κ1) is 8.19. The van der Waals surface area contributed by atoms with E-state index in [0.717, 1.165) is 0 Å². The van der Waals surface area contributed by atoms with Gasteiger partial charge in [0.2, 0.25) is 0 Å². The number of hydrogen-bond acceptors (Lipinski definition) is 3.